The Labute approximate surface area is 72.1 Å². The van der Waals surface area contributed by atoms with Gasteiger partial charge in [-0.25, -0.2) is 0 Å². The number of β-amino-alcohol motifs (C(OH)–C–C–N with tert-alkyl or cyclic N) is 1. The topological polar surface area (TPSA) is 49.8 Å². The molecule has 1 aliphatic heterocycles. The van der Waals surface area contributed by atoms with Crippen molar-refractivity contribution in [2.45, 2.75) is 6.42 Å². The number of hydrogen-bond acceptors (Lipinski definition) is 4. The molecule has 0 aliphatic carbocycles. The van der Waals surface area contributed by atoms with E-state index in [0.717, 1.165) is 19.5 Å². The fraction of sp³-hybridized carbons (Fsp3) is 0.875. The van der Waals surface area contributed by atoms with Gasteiger partial charge in [-0.3, -0.25) is 4.79 Å². The highest BCUT2D eigenvalue weighted by Gasteiger charge is 2.28. The van der Waals surface area contributed by atoms with Crippen LogP contribution in [0.15, 0.2) is 0 Å². The number of aliphatic hydroxyl groups is 1. The molecule has 0 aromatic heterocycles. The van der Waals surface area contributed by atoms with Gasteiger partial charge in [-0.2, -0.15) is 0 Å². The minimum atomic E-state index is -0.129. The number of nitrogens with zero attached hydrogens (tertiary/aromatic N) is 1. The SMILES string of the molecule is COC(=O)C1CCN(CCO)C1. The monoisotopic (exact) mass is 173 g/mol. The lowest BCUT2D eigenvalue weighted by Gasteiger charge is -2.12. The lowest BCUT2D eigenvalue weighted by molar-refractivity contribution is -0.144. The second kappa shape index (κ2) is 4.42. The molecule has 1 N–H and O–H groups in total. The summed E-state index contributed by atoms with van der Waals surface area (Å²) < 4.78 is 4.63. The highest BCUT2D eigenvalue weighted by Crippen LogP contribution is 2.16. The van der Waals surface area contributed by atoms with Crippen molar-refractivity contribution in [1.82, 2.24) is 4.90 Å². The van der Waals surface area contributed by atoms with Crippen LogP contribution in [0.3, 0.4) is 0 Å². The van der Waals surface area contributed by atoms with Gasteiger partial charge in [-0.05, 0) is 13.0 Å². The molecule has 0 spiro atoms. The summed E-state index contributed by atoms with van der Waals surface area (Å²) in [4.78, 5) is 13.1. The van der Waals surface area contributed by atoms with Crippen LogP contribution in [-0.4, -0.2) is 49.3 Å². The van der Waals surface area contributed by atoms with Crippen LogP contribution in [0.5, 0.6) is 0 Å². The second-order valence-electron chi connectivity index (χ2n) is 3.03. The van der Waals surface area contributed by atoms with Crippen molar-refractivity contribution in [2.24, 2.45) is 5.92 Å². The molecule has 1 atom stereocenters. The zero-order valence-electron chi connectivity index (χ0n) is 7.32. The van der Waals surface area contributed by atoms with Gasteiger partial charge in [-0.1, -0.05) is 0 Å². The van der Waals surface area contributed by atoms with Crippen LogP contribution in [-0.2, 0) is 9.53 Å². The van der Waals surface area contributed by atoms with E-state index in [2.05, 4.69) is 9.64 Å². The summed E-state index contributed by atoms with van der Waals surface area (Å²) in [5, 5.41) is 8.65. The molecule has 0 amide bonds. The van der Waals surface area contributed by atoms with Crippen LogP contribution in [0.1, 0.15) is 6.42 Å². The zero-order chi connectivity index (χ0) is 8.97. The smallest absolute Gasteiger partial charge is 0.310 e. The molecule has 0 aromatic carbocycles. The van der Waals surface area contributed by atoms with Crippen molar-refractivity contribution in [3.8, 4) is 0 Å². The summed E-state index contributed by atoms with van der Waals surface area (Å²) in [6.07, 6.45) is 0.854. The van der Waals surface area contributed by atoms with Crippen molar-refractivity contribution in [1.29, 1.82) is 0 Å². The number of carbonyl (C=O) groups is 1. The van der Waals surface area contributed by atoms with Gasteiger partial charge >= 0.3 is 5.97 Å². The van der Waals surface area contributed by atoms with Gasteiger partial charge in [0, 0.05) is 13.1 Å². The fourth-order valence-corrected chi connectivity index (χ4v) is 1.54. The number of methoxy groups -OCH3 is 1. The first-order valence-electron chi connectivity index (χ1n) is 4.19. The van der Waals surface area contributed by atoms with Crippen LogP contribution >= 0.6 is 0 Å². The van der Waals surface area contributed by atoms with Crippen LogP contribution in [0.4, 0.5) is 0 Å². The van der Waals surface area contributed by atoms with Crippen LogP contribution in [0.2, 0.25) is 0 Å². The van der Waals surface area contributed by atoms with Gasteiger partial charge in [0.2, 0.25) is 0 Å². The maximum Gasteiger partial charge on any atom is 0.310 e. The van der Waals surface area contributed by atoms with Gasteiger partial charge in [0.1, 0.15) is 0 Å². The maximum absolute atomic E-state index is 11.1. The molecule has 4 heteroatoms. The van der Waals surface area contributed by atoms with Crippen LogP contribution in [0.25, 0.3) is 0 Å². The highest BCUT2D eigenvalue weighted by atomic mass is 16.5. The zero-order valence-corrected chi connectivity index (χ0v) is 7.32. The normalized spacial score (nSPS) is 24.3. The molecule has 1 rings (SSSR count). The van der Waals surface area contributed by atoms with E-state index in [-0.39, 0.29) is 18.5 Å². The van der Waals surface area contributed by atoms with Crippen molar-refractivity contribution < 1.29 is 14.6 Å². The fourth-order valence-electron chi connectivity index (χ4n) is 1.54. The molecule has 0 bridgehead atoms. The standard InChI is InChI=1S/C8H15NO3/c1-12-8(11)7-2-3-9(6-7)4-5-10/h7,10H,2-6H2,1H3. The molecule has 1 saturated heterocycles. The van der Waals surface area contributed by atoms with E-state index in [1.54, 1.807) is 0 Å². The Bertz CT molecular complexity index is 160. The largest absolute Gasteiger partial charge is 0.469 e. The summed E-state index contributed by atoms with van der Waals surface area (Å²) in [5.74, 6) is -0.114. The molecule has 1 fully saturated rings. The molecule has 0 saturated carbocycles. The molecule has 70 valence electrons. The third-order valence-electron chi connectivity index (χ3n) is 2.22. The molecule has 1 unspecified atom stereocenters. The molecule has 0 radical (unpaired) electrons. The molecule has 0 aromatic rings. The summed E-state index contributed by atoms with van der Waals surface area (Å²) in [7, 11) is 1.41. The highest BCUT2D eigenvalue weighted by molar-refractivity contribution is 5.72. The Balaban J connectivity index is 2.30. The molecule has 1 heterocycles. The average molecular weight is 173 g/mol. The van der Waals surface area contributed by atoms with E-state index in [1.807, 2.05) is 0 Å². The quantitative estimate of drug-likeness (QED) is 0.583. The molecule has 4 nitrogen and oxygen atoms in total. The average Bonchev–Trinajstić information content (AvgIpc) is 2.52. The van der Waals surface area contributed by atoms with Crippen molar-refractivity contribution >= 4 is 5.97 Å². The first-order valence-corrected chi connectivity index (χ1v) is 4.19. The van der Waals surface area contributed by atoms with Crippen LogP contribution in [0, 0.1) is 5.92 Å². The second-order valence-corrected chi connectivity index (χ2v) is 3.03. The third-order valence-corrected chi connectivity index (χ3v) is 2.22. The van der Waals surface area contributed by atoms with Gasteiger partial charge in [0.05, 0.1) is 19.6 Å². The Morgan fingerprint density at radius 1 is 1.75 bits per heavy atom. The number of esters is 1. The molecular weight excluding hydrogens is 158 g/mol. The lowest BCUT2D eigenvalue weighted by Crippen LogP contribution is -2.26. The van der Waals surface area contributed by atoms with E-state index in [4.69, 9.17) is 5.11 Å². The van der Waals surface area contributed by atoms with Crippen molar-refractivity contribution in [2.75, 3.05) is 33.4 Å². The lowest BCUT2D eigenvalue weighted by atomic mass is 10.1. The van der Waals surface area contributed by atoms with Gasteiger partial charge in [-0.15, -0.1) is 0 Å². The van der Waals surface area contributed by atoms with E-state index < -0.39 is 0 Å². The first kappa shape index (κ1) is 9.48. The van der Waals surface area contributed by atoms with E-state index in [9.17, 15) is 4.79 Å². The van der Waals surface area contributed by atoms with Crippen LogP contribution < -0.4 is 0 Å². The molecule has 1 aliphatic rings. The van der Waals surface area contributed by atoms with E-state index >= 15 is 0 Å². The Morgan fingerprint density at radius 2 is 2.50 bits per heavy atom. The minimum absolute atomic E-state index is 0.0153. The third kappa shape index (κ3) is 2.19. The van der Waals surface area contributed by atoms with Crippen molar-refractivity contribution in [3.63, 3.8) is 0 Å². The first-order chi connectivity index (χ1) is 5.77. The van der Waals surface area contributed by atoms with Gasteiger partial charge < -0.3 is 14.7 Å². The van der Waals surface area contributed by atoms with E-state index in [1.165, 1.54) is 7.11 Å². The predicted octanol–water partition coefficient (Wildman–Crippen LogP) is -0.526. The Morgan fingerprint density at radius 3 is 3.08 bits per heavy atom. The molecule has 12 heavy (non-hydrogen) atoms. The Kier molecular flexibility index (Phi) is 3.49. The summed E-state index contributed by atoms with van der Waals surface area (Å²) >= 11 is 0. The number of rotatable bonds is 3. The number of carbonyl (C=O) groups excluding carboxylic acids is 1. The van der Waals surface area contributed by atoms with Crippen molar-refractivity contribution in [3.05, 3.63) is 0 Å². The van der Waals surface area contributed by atoms with E-state index in [0.29, 0.717) is 6.54 Å². The number of hydrogen-bond donors (Lipinski definition) is 1. The summed E-state index contributed by atoms with van der Waals surface area (Å²) in [6.45, 7) is 2.44. The summed E-state index contributed by atoms with van der Waals surface area (Å²) in [5.41, 5.74) is 0. The Hall–Kier alpha value is -0.610. The number of likely N-dealkylation sites (tertiary alicyclic amines) is 1. The predicted molar refractivity (Wildman–Crippen MR) is 43.6 cm³/mol. The molecular formula is C8H15NO3. The number of ether oxygens (including phenoxy) is 1. The van der Waals surface area contributed by atoms with Gasteiger partial charge in [0.25, 0.3) is 0 Å². The van der Waals surface area contributed by atoms with Gasteiger partial charge in [0.15, 0.2) is 0 Å². The maximum atomic E-state index is 11.1. The summed E-state index contributed by atoms with van der Waals surface area (Å²) in [6, 6.07) is 0. The number of aliphatic hydroxyl groups excluding tert-OH is 1. The minimum Gasteiger partial charge on any atom is -0.469 e.